The van der Waals surface area contributed by atoms with Gasteiger partial charge in [0.05, 0.1) is 6.33 Å². The first kappa shape index (κ1) is 9.40. The predicted octanol–water partition coefficient (Wildman–Crippen LogP) is 2.23. The zero-order valence-corrected chi connectivity index (χ0v) is 9.08. The van der Waals surface area contributed by atoms with Gasteiger partial charge in [-0.1, -0.05) is 11.6 Å². The van der Waals surface area contributed by atoms with Crippen molar-refractivity contribution in [2.24, 2.45) is 0 Å². The number of imidazole rings is 1. The van der Waals surface area contributed by atoms with Crippen molar-refractivity contribution in [1.82, 2.24) is 19.5 Å². The van der Waals surface area contributed by atoms with Gasteiger partial charge in [0.15, 0.2) is 10.8 Å². The summed E-state index contributed by atoms with van der Waals surface area (Å²) in [7, 11) is 0. The lowest BCUT2D eigenvalue weighted by atomic mass is 10.1. The maximum atomic E-state index is 5.89. The number of rotatable bonds is 0. The Morgan fingerprint density at radius 2 is 1.93 bits per heavy atom. The van der Waals surface area contributed by atoms with Gasteiger partial charge in [0.2, 0.25) is 0 Å². The molecule has 0 spiro atoms. The van der Waals surface area contributed by atoms with Gasteiger partial charge in [-0.05, 0) is 20.8 Å². The van der Waals surface area contributed by atoms with Gasteiger partial charge in [-0.2, -0.15) is 0 Å². The SMILES string of the molecule is CC(C)(C)n1cnc2c(Cl)ncnc21. The molecular weight excluding hydrogens is 200 g/mol. The smallest absolute Gasteiger partial charge is 0.165 e. The molecule has 0 bridgehead atoms. The molecule has 0 N–H and O–H groups in total. The van der Waals surface area contributed by atoms with Crippen molar-refractivity contribution in [1.29, 1.82) is 0 Å². The average Bonchev–Trinajstić information content (AvgIpc) is 2.47. The van der Waals surface area contributed by atoms with Crippen LogP contribution in [-0.2, 0) is 5.54 Å². The van der Waals surface area contributed by atoms with Crippen LogP contribution in [-0.4, -0.2) is 19.5 Å². The van der Waals surface area contributed by atoms with Gasteiger partial charge in [-0.25, -0.2) is 15.0 Å². The van der Waals surface area contributed by atoms with Gasteiger partial charge < -0.3 is 4.57 Å². The Morgan fingerprint density at radius 1 is 1.21 bits per heavy atom. The lowest BCUT2D eigenvalue weighted by molar-refractivity contribution is 0.406. The van der Waals surface area contributed by atoms with E-state index >= 15 is 0 Å². The van der Waals surface area contributed by atoms with Crippen LogP contribution in [0.3, 0.4) is 0 Å². The molecule has 2 rings (SSSR count). The number of halogens is 1. The van der Waals surface area contributed by atoms with E-state index in [9.17, 15) is 0 Å². The first-order chi connectivity index (χ1) is 6.50. The third kappa shape index (κ3) is 1.35. The minimum atomic E-state index is -0.0492. The van der Waals surface area contributed by atoms with Gasteiger partial charge in [0, 0.05) is 5.54 Å². The van der Waals surface area contributed by atoms with Crippen LogP contribution in [0.15, 0.2) is 12.7 Å². The summed E-state index contributed by atoms with van der Waals surface area (Å²) in [5.41, 5.74) is 1.38. The fourth-order valence-electron chi connectivity index (χ4n) is 1.30. The molecule has 4 nitrogen and oxygen atoms in total. The predicted molar refractivity (Wildman–Crippen MR) is 55.3 cm³/mol. The topological polar surface area (TPSA) is 43.6 Å². The van der Waals surface area contributed by atoms with E-state index in [0.717, 1.165) is 5.65 Å². The lowest BCUT2D eigenvalue weighted by Gasteiger charge is -2.20. The summed E-state index contributed by atoms with van der Waals surface area (Å²) in [6.45, 7) is 6.26. The first-order valence-corrected chi connectivity index (χ1v) is 4.72. The van der Waals surface area contributed by atoms with E-state index in [1.54, 1.807) is 6.33 Å². The maximum Gasteiger partial charge on any atom is 0.165 e. The molecular formula is C9H11ClN4. The van der Waals surface area contributed by atoms with E-state index in [1.807, 2.05) is 4.57 Å². The van der Waals surface area contributed by atoms with Crippen molar-refractivity contribution in [3.8, 4) is 0 Å². The summed E-state index contributed by atoms with van der Waals surface area (Å²) in [6, 6.07) is 0. The lowest BCUT2D eigenvalue weighted by Crippen LogP contribution is -2.20. The quantitative estimate of drug-likeness (QED) is 0.627. The fourth-order valence-corrected chi connectivity index (χ4v) is 1.47. The maximum absolute atomic E-state index is 5.89. The highest BCUT2D eigenvalue weighted by atomic mass is 35.5. The molecule has 0 saturated heterocycles. The van der Waals surface area contributed by atoms with Crippen LogP contribution in [0.5, 0.6) is 0 Å². The van der Waals surface area contributed by atoms with Crippen molar-refractivity contribution in [2.45, 2.75) is 26.3 Å². The van der Waals surface area contributed by atoms with Crippen molar-refractivity contribution in [2.75, 3.05) is 0 Å². The zero-order valence-electron chi connectivity index (χ0n) is 8.32. The van der Waals surface area contributed by atoms with Crippen LogP contribution in [0.25, 0.3) is 11.2 Å². The molecule has 0 atom stereocenters. The van der Waals surface area contributed by atoms with Gasteiger partial charge in [-0.15, -0.1) is 0 Å². The van der Waals surface area contributed by atoms with Crippen molar-refractivity contribution >= 4 is 22.8 Å². The Morgan fingerprint density at radius 3 is 2.57 bits per heavy atom. The number of nitrogens with zero attached hydrogens (tertiary/aromatic N) is 4. The highest BCUT2D eigenvalue weighted by Crippen LogP contribution is 2.23. The van der Waals surface area contributed by atoms with Crippen LogP contribution in [0.1, 0.15) is 20.8 Å². The Balaban J connectivity index is 2.76. The minimum absolute atomic E-state index is 0.0492. The van der Waals surface area contributed by atoms with E-state index in [-0.39, 0.29) is 5.54 Å². The van der Waals surface area contributed by atoms with E-state index in [4.69, 9.17) is 11.6 Å². The Labute approximate surface area is 87.0 Å². The normalized spacial score (nSPS) is 12.3. The zero-order chi connectivity index (χ0) is 10.3. The second-order valence-corrected chi connectivity index (χ2v) is 4.48. The highest BCUT2D eigenvalue weighted by molar-refractivity contribution is 6.33. The third-order valence-corrected chi connectivity index (χ3v) is 2.29. The van der Waals surface area contributed by atoms with Gasteiger partial charge in [-0.3, -0.25) is 0 Å². The second-order valence-electron chi connectivity index (χ2n) is 4.12. The van der Waals surface area contributed by atoms with Crippen LogP contribution >= 0.6 is 11.6 Å². The molecule has 0 fully saturated rings. The summed E-state index contributed by atoms with van der Waals surface area (Å²) in [5.74, 6) is 0. The molecule has 2 aromatic rings. The fraction of sp³-hybridized carbons (Fsp3) is 0.444. The summed E-state index contributed by atoms with van der Waals surface area (Å²) in [5, 5.41) is 0.401. The second kappa shape index (κ2) is 2.92. The third-order valence-electron chi connectivity index (χ3n) is 2.01. The van der Waals surface area contributed by atoms with E-state index < -0.39 is 0 Å². The molecule has 2 aromatic heterocycles. The van der Waals surface area contributed by atoms with E-state index in [2.05, 4.69) is 35.7 Å². The molecule has 0 unspecified atom stereocenters. The largest absolute Gasteiger partial charge is 0.310 e. The standard InChI is InChI=1S/C9H11ClN4/c1-9(2,3)14-5-13-6-7(10)11-4-12-8(6)14/h4-5H,1-3H3. The molecule has 2 heterocycles. The number of aromatic nitrogens is 4. The summed E-state index contributed by atoms with van der Waals surface area (Å²) in [4.78, 5) is 12.2. The molecule has 0 aliphatic carbocycles. The van der Waals surface area contributed by atoms with Crippen molar-refractivity contribution < 1.29 is 0 Å². The van der Waals surface area contributed by atoms with Crippen LogP contribution < -0.4 is 0 Å². The molecule has 5 heteroatoms. The molecule has 0 aromatic carbocycles. The molecule has 74 valence electrons. The van der Waals surface area contributed by atoms with Crippen LogP contribution in [0.4, 0.5) is 0 Å². The Hall–Kier alpha value is -1.16. The minimum Gasteiger partial charge on any atom is -0.310 e. The van der Waals surface area contributed by atoms with Gasteiger partial charge in [0.25, 0.3) is 0 Å². The monoisotopic (exact) mass is 210 g/mol. The van der Waals surface area contributed by atoms with Gasteiger partial charge in [0.1, 0.15) is 11.8 Å². The van der Waals surface area contributed by atoms with Crippen molar-refractivity contribution in [3.63, 3.8) is 0 Å². The average molecular weight is 211 g/mol. The summed E-state index contributed by atoms with van der Waals surface area (Å²) >= 11 is 5.89. The number of fused-ring (bicyclic) bond motifs is 1. The van der Waals surface area contributed by atoms with Crippen LogP contribution in [0.2, 0.25) is 5.15 Å². The molecule has 0 saturated carbocycles. The molecule has 0 amide bonds. The number of hydrogen-bond donors (Lipinski definition) is 0. The van der Waals surface area contributed by atoms with Gasteiger partial charge >= 0.3 is 0 Å². The molecule has 14 heavy (non-hydrogen) atoms. The summed E-state index contributed by atoms with van der Waals surface area (Å²) < 4.78 is 1.98. The van der Waals surface area contributed by atoms with E-state index in [1.165, 1.54) is 6.33 Å². The Kier molecular flexibility index (Phi) is 1.96. The van der Waals surface area contributed by atoms with Crippen molar-refractivity contribution in [3.05, 3.63) is 17.8 Å². The first-order valence-electron chi connectivity index (χ1n) is 4.34. The van der Waals surface area contributed by atoms with Crippen LogP contribution in [0, 0.1) is 0 Å². The number of hydrogen-bond acceptors (Lipinski definition) is 3. The van der Waals surface area contributed by atoms with E-state index in [0.29, 0.717) is 10.7 Å². The molecule has 0 aliphatic rings. The molecule has 0 aliphatic heterocycles. The Bertz CT molecular complexity index is 469. The molecule has 0 radical (unpaired) electrons. The highest BCUT2D eigenvalue weighted by Gasteiger charge is 2.18. The summed E-state index contributed by atoms with van der Waals surface area (Å²) in [6.07, 6.45) is 3.19.